The van der Waals surface area contributed by atoms with Crippen molar-refractivity contribution in [3.8, 4) is 0 Å². The molecular weight excluding hydrogens is 549 g/mol. The van der Waals surface area contributed by atoms with E-state index in [4.69, 9.17) is 0 Å². The fourth-order valence-corrected chi connectivity index (χ4v) is 0.802. The average molecular weight is 554 g/mol. The van der Waals surface area contributed by atoms with Gasteiger partial charge >= 0.3 is 0 Å². The molecule has 1 aromatic heterocycles. The Morgan fingerprint density at radius 3 is 2.00 bits per heavy atom. The fourth-order valence-electron chi connectivity index (χ4n) is 0.313. The van der Waals surface area contributed by atoms with Gasteiger partial charge in [-0.05, 0) is 5.38 Å². The quantitative estimate of drug-likeness (QED) is 0.431. The van der Waals surface area contributed by atoms with E-state index in [1.54, 1.807) is 11.3 Å². The van der Waals surface area contributed by atoms with Crippen molar-refractivity contribution in [3.63, 3.8) is 0 Å². The van der Waals surface area contributed by atoms with E-state index in [1.165, 1.54) is 0 Å². The van der Waals surface area contributed by atoms with E-state index < -0.39 is 0 Å². The third-order valence-corrected chi connectivity index (χ3v) is 1.31. The zero-order valence-electron chi connectivity index (χ0n) is 4.74. The van der Waals surface area contributed by atoms with E-state index in [2.05, 4.69) is 6.92 Å². The molecule has 4 heteroatoms. The van der Waals surface area contributed by atoms with Crippen LogP contribution in [0.5, 0.6) is 0 Å². The Labute approximate surface area is 114 Å². The molecule has 0 N–H and O–H groups in total. The number of hydrogen-bond donors (Lipinski definition) is 0. The SMILES string of the molecule is [CH2-]c1cccs1.[W].[W].[Y]. The van der Waals surface area contributed by atoms with Gasteiger partial charge in [0.15, 0.2) is 0 Å². The van der Waals surface area contributed by atoms with Gasteiger partial charge in [-0.15, -0.1) is 10.9 Å². The van der Waals surface area contributed by atoms with Crippen molar-refractivity contribution in [2.75, 3.05) is 0 Å². The van der Waals surface area contributed by atoms with Crippen LogP contribution in [0.15, 0.2) is 17.5 Å². The first-order chi connectivity index (χ1) is 2.89. The summed E-state index contributed by atoms with van der Waals surface area (Å²) in [5.41, 5.74) is 0. The second-order valence-electron chi connectivity index (χ2n) is 1.08. The standard InChI is InChI=1S/C5H5S.2W.Y/c1-5-3-2-4-6-5;;;/h2-4H,1H2;;;/q-1;;;. The summed E-state index contributed by atoms with van der Waals surface area (Å²) in [6, 6.07) is 3.98. The van der Waals surface area contributed by atoms with Crippen molar-refractivity contribution >= 4 is 11.3 Å². The zero-order valence-corrected chi connectivity index (χ0v) is 14.3. The first-order valence-corrected chi connectivity index (χ1v) is 2.63. The molecule has 0 aliphatic heterocycles. The van der Waals surface area contributed by atoms with Crippen LogP contribution in [0.3, 0.4) is 0 Å². The van der Waals surface area contributed by atoms with E-state index >= 15 is 0 Å². The van der Waals surface area contributed by atoms with Crippen LogP contribution in [0.4, 0.5) is 0 Å². The summed E-state index contributed by atoms with van der Waals surface area (Å²) in [5, 5.41) is 2.02. The van der Waals surface area contributed by atoms with E-state index in [1.807, 2.05) is 17.5 Å². The molecule has 0 nitrogen and oxygen atoms in total. The van der Waals surface area contributed by atoms with Crippen LogP contribution in [0.1, 0.15) is 4.88 Å². The predicted molar refractivity (Wildman–Crippen MR) is 28.8 cm³/mol. The number of rotatable bonds is 0. The van der Waals surface area contributed by atoms with Gasteiger partial charge in [-0.2, -0.15) is 17.4 Å². The zero-order chi connectivity index (χ0) is 4.41. The van der Waals surface area contributed by atoms with Gasteiger partial charge in [-0.25, -0.2) is 6.92 Å². The van der Waals surface area contributed by atoms with Crippen LogP contribution >= 0.6 is 11.3 Å². The summed E-state index contributed by atoms with van der Waals surface area (Å²) < 4.78 is 0. The van der Waals surface area contributed by atoms with Gasteiger partial charge in [-0.1, -0.05) is 0 Å². The van der Waals surface area contributed by atoms with Crippen LogP contribution in [0.2, 0.25) is 0 Å². The van der Waals surface area contributed by atoms with Crippen LogP contribution in [0, 0.1) is 6.92 Å². The monoisotopic (exact) mass is 554 g/mol. The van der Waals surface area contributed by atoms with Gasteiger partial charge in [0.25, 0.3) is 0 Å². The molecule has 1 heterocycles. The van der Waals surface area contributed by atoms with Gasteiger partial charge < -0.3 is 0 Å². The van der Waals surface area contributed by atoms with Gasteiger partial charge in [0.1, 0.15) is 0 Å². The molecule has 0 aliphatic carbocycles. The molecule has 0 unspecified atom stereocenters. The summed E-state index contributed by atoms with van der Waals surface area (Å²) in [4.78, 5) is 1.13. The Bertz CT molecular complexity index is 119. The molecule has 0 aromatic carbocycles. The van der Waals surface area contributed by atoms with Gasteiger partial charge in [0, 0.05) is 74.8 Å². The number of hydrogen-bond acceptors (Lipinski definition) is 1. The average Bonchev–Trinajstić information content (AvgIpc) is 1.86. The number of thiophene rings is 1. The molecule has 0 spiro atoms. The molecule has 9 heavy (non-hydrogen) atoms. The third-order valence-electron chi connectivity index (χ3n) is 0.580. The van der Waals surface area contributed by atoms with E-state index in [9.17, 15) is 0 Å². The van der Waals surface area contributed by atoms with E-state index in [-0.39, 0.29) is 74.8 Å². The van der Waals surface area contributed by atoms with Crippen molar-refractivity contribution in [2.45, 2.75) is 0 Å². The van der Waals surface area contributed by atoms with Crippen molar-refractivity contribution in [1.29, 1.82) is 0 Å². The molecular formula is C5H5SW2Y-. The molecule has 0 saturated heterocycles. The van der Waals surface area contributed by atoms with Crippen LogP contribution < -0.4 is 0 Å². The minimum Gasteiger partial charge on any atom is -0.228 e. The third kappa shape index (κ3) is 7.95. The molecule has 0 aliphatic rings. The van der Waals surface area contributed by atoms with Crippen molar-refractivity contribution in [1.82, 2.24) is 0 Å². The Hall–Kier alpha value is 2.05. The minimum atomic E-state index is 0. The second-order valence-corrected chi connectivity index (χ2v) is 2.11. The van der Waals surface area contributed by atoms with Crippen molar-refractivity contribution < 1.29 is 74.8 Å². The smallest absolute Gasteiger partial charge is 0 e. The minimum absolute atomic E-state index is 0. The molecule has 1 rings (SSSR count). The maximum Gasteiger partial charge on any atom is 0 e. The summed E-state index contributed by atoms with van der Waals surface area (Å²) in [6.07, 6.45) is 0. The largest absolute Gasteiger partial charge is 0.228 e. The van der Waals surface area contributed by atoms with E-state index in [0.29, 0.717) is 0 Å². The maximum atomic E-state index is 3.70. The topological polar surface area (TPSA) is 0 Å². The molecule has 0 atom stereocenters. The summed E-state index contributed by atoms with van der Waals surface area (Å²) in [7, 11) is 0. The van der Waals surface area contributed by atoms with Gasteiger partial charge in [-0.3, -0.25) is 0 Å². The Morgan fingerprint density at radius 1 is 1.33 bits per heavy atom. The van der Waals surface area contributed by atoms with E-state index in [0.717, 1.165) is 4.88 Å². The van der Waals surface area contributed by atoms with Gasteiger partial charge in [0.05, 0.1) is 0 Å². The second kappa shape index (κ2) is 10.1. The fraction of sp³-hybridized carbons (Fsp3) is 0. The van der Waals surface area contributed by atoms with Gasteiger partial charge in [0.2, 0.25) is 0 Å². The van der Waals surface area contributed by atoms with Crippen molar-refractivity contribution in [3.05, 3.63) is 29.3 Å². The molecule has 0 saturated carbocycles. The van der Waals surface area contributed by atoms with Crippen LogP contribution in [0.25, 0.3) is 0 Å². The Morgan fingerprint density at radius 2 is 1.89 bits per heavy atom. The molecule has 0 amide bonds. The maximum absolute atomic E-state index is 3.70. The molecule has 1 aromatic rings. The first kappa shape index (κ1) is 17.2. The molecule has 47 valence electrons. The normalized spacial score (nSPS) is 5.78. The van der Waals surface area contributed by atoms with Crippen LogP contribution in [-0.2, 0) is 74.8 Å². The summed E-state index contributed by atoms with van der Waals surface area (Å²) >= 11 is 1.67. The predicted octanol–water partition coefficient (Wildman–Crippen LogP) is 1.92. The van der Waals surface area contributed by atoms with Crippen molar-refractivity contribution in [2.24, 2.45) is 0 Å². The Balaban J connectivity index is -0.000000120. The summed E-state index contributed by atoms with van der Waals surface area (Å²) in [5.74, 6) is 0. The first-order valence-electron chi connectivity index (χ1n) is 1.75. The molecule has 1 radical (unpaired) electrons. The molecule has 0 fully saturated rings. The molecule has 0 bridgehead atoms. The summed E-state index contributed by atoms with van der Waals surface area (Å²) in [6.45, 7) is 3.70. The van der Waals surface area contributed by atoms with Crippen LogP contribution in [-0.4, -0.2) is 0 Å². The Kier molecular flexibility index (Phi) is 19.2.